The second-order valence-electron chi connectivity index (χ2n) is 3.83. The van der Waals surface area contributed by atoms with Gasteiger partial charge in [-0.2, -0.15) is 0 Å². The second kappa shape index (κ2) is 7.03. The van der Waals surface area contributed by atoms with Gasteiger partial charge in [-0.25, -0.2) is 0 Å². The molecule has 0 aromatic carbocycles. The molecule has 0 aliphatic rings. The maximum Gasteiger partial charge on any atom is 0.0576 e. The van der Waals surface area contributed by atoms with Crippen molar-refractivity contribution in [2.75, 3.05) is 6.54 Å². The zero-order valence-corrected chi connectivity index (χ0v) is 10.4. The molecule has 0 aliphatic carbocycles. The Bertz CT molecular complexity index is 374. The summed E-state index contributed by atoms with van der Waals surface area (Å²) >= 11 is 0. The number of nitrogens with zero attached hydrogens (tertiary/aromatic N) is 1. The van der Waals surface area contributed by atoms with Crippen LogP contribution in [-0.2, 0) is 0 Å². The lowest BCUT2D eigenvalue weighted by molar-refractivity contribution is 0.510. The molecular formula is C14H20N2. The second-order valence-corrected chi connectivity index (χ2v) is 3.83. The average Bonchev–Trinajstić information content (AvgIpc) is 2.28. The van der Waals surface area contributed by atoms with Crippen LogP contribution in [0.2, 0.25) is 0 Å². The third kappa shape index (κ3) is 4.04. The number of pyridine rings is 1. The first-order valence-corrected chi connectivity index (χ1v) is 5.83. The number of rotatable bonds is 5. The minimum absolute atomic E-state index is 0.325. The first-order chi connectivity index (χ1) is 7.77. The van der Waals surface area contributed by atoms with Gasteiger partial charge in [0.1, 0.15) is 0 Å². The fourth-order valence-corrected chi connectivity index (χ4v) is 1.69. The van der Waals surface area contributed by atoms with E-state index in [1.807, 2.05) is 19.2 Å². The molecule has 1 aromatic heterocycles. The quantitative estimate of drug-likeness (QED) is 0.766. The van der Waals surface area contributed by atoms with Crippen molar-refractivity contribution >= 4 is 0 Å². The van der Waals surface area contributed by atoms with Crippen molar-refractivity contribution in [3.05, 3.63) is 29.6 Å². The van der Waals surface area contributed by atoms with Crippen molar-refractivity contribution in [3.8, 4) is 11.8 Å². The standard InChI is InChI=1S/C14H20N2/c1-4-6-7-8-13(15-5-2)14-11-12(3)9-10-16-14/h9-11,13,15H,5,7-8H2,1-3H3. The van der Waals surface area contributed by atoms with E-state index in [9.17, 15) is 0 Å². The zero-order valence-electron chi connectivity index (χ0n) is 10.4. The number of hydrogen-bond acceptors (Lipinski definition) is 2. The number of nitrogens with one attached hydrogen (secondary N) is 1. The van der Waals surface area contributed by atoms with Gasteiger partial charge in [0.2, 0.25) is 0 Å². The molecule has 0 bridgehead atoms. The Morgan fingerprint density at radius 2 is 2.31 bits per heavy atom. The van der Waals surface area contributed by atoms with E-state index in [2.05, 4.69) is 42.1 Å². The molecule has 1 aromatic rings. The Labute approximate surface area is 98.5 Å². The molecular weight excluding hydrogens is 196 g/mol. The van der Waals surface area contributed by atoms with Crippen LogP contribution in [-0.4, -0.2) is 11.5 Å². The Morgan fingerprint density at radius 3 is 2.94 bits per heavy atom. The first-order valence-electron chi connectivity index (χ1n) is 5.83. The highest BCUT2D eigenvalue weighted by molar-refractivity contribution is 5.17. The molecule has 1 N–H and O–H groups in total. The zero-order chi connectivity index (χ0) is 11.8. The summed E-state index contributed by atoms with van der Waals surface area (Å²) < 4.78 is 0. The molecule has 0 spiro atoms. The topological polar surface area (TPSA) is 24.9 Å². The predicted octanol–water partition coefficient (Wildman–Crippen LogP) is 2.84. The molecule has 16 heavy (non-hydrogen) atoms. The highest BCUT2D eigenvalue weighted by atomic mass is 14.9. The molecule has 1 rings (SSSR count). The van der Waals surface area contributed by atoms with Crippen molar-refractivity contribution in [2.24, 2.45) is 0 Å². The number of aromatic nitrogens is 1. The van der Waals surface area contributed by atoms with E-state index in [1.54, 1.807) is 0 Å². The van der Waals surface area contributed by atoms with Crippen LogP contribution in [0.15, 0.2) is 18.3 Å². The van der Waals surface area contributed by atoms with Gasteiger partial charge in [0.25, 0.3) is 0 Å². The lowest BCUT2D eigenvalue weighted by Gasteiger charge is -2.16. The average molecular weight is 216 g/mol. The van der Waals surface area contributed by atoms with Crippen LogP contribution < -0.4 is 5.32 Å². The Hall–Kier alpha value is -1.33. The Morgan fingerprint density at radius 1 is 1.50 bits per heavy atom. The van der Waals surface area contributed by atoms with E-state index in [0.717, 1.165) is 25.1 Å². The summed E-state index contributed by atoms with van der Waals surface area (Å²) in [4.78, 5) is 4.43. The molecule has 2 nitrogen and oxygen atoms in total. The molecule has 1 heterocycles. The van der Waals surface area contributed by atoms with E-state index in [4.69, 9.17) is 0 Å². The van der Waals surface area contributed by atoms with E-state index < -0.39 is 0 Å². The summed E-state index contributed by atoms with van der Waals surface area (Å²) in [7, 11) is 0. The number of aryl methyl sites for hydroxylation is 1. The molecule has 0 fully saturated rings. The normalized spacial score (nSPS) is 11.7. The van der Waals surface area contributed by atoms with Gasteiger partial charge in [0.05, 0.1) is 11.7 Å². The van der Waals surface area contributed by atoms with E-state index in [1.165, 1.54) is 5.56 Å². The molecule has 86 valence electrons. The lowest BCUT2D eigenvalue weighted by atomic mass is 10.1. The highest BCUT2D eigenvalue weighted by Crippen LogP contribution is 2.16. The van der Waals surface area contributed by atoms with Gasteiger partial charge in [-0.05, 0) is 44.5 Å². The first kappa shape index (κ1) is 12.7. The van der Waals surface area contributed by atoms with Crippen molar-refractivity contribution in [2.45, 2.75) is 39.7 Å². The van der Waals surface area contributed by atoms with E-state index in [-0.39, 0.29) is 0 Å². The van der Waals surface area contributed by atoms with Crippen LogP contribution >= 0.6 is 0 Å². The molecule has 0 amide bonds. The van der Waals surface area contributed by atoms with Crippen LogP contribution in [0.3, 0.4) is 0 Å². The Balaban J connectivity index is 2.70. The molecule has 0 radical (unpaired) electrons. The van der Waals surface area contributed by atoms with Gasteiger partial charge in [0.15, 0.2) is 0 Å². The van der Waals surface area contributed by atoms with Gasteiger partial charge in [0, 0.05) is 12.6 Å². The third-order valence-electron chi connectivity index (χ3n) is 2.48. The maximum atomic E-state index is 4.43. The maximum absolute atomic E-state index is 4.43. The van der Waals surface area contributed by atoms with E-state index in [0.29, 0.717) is 6.04 Å². The summed E-state index contributed by atoms with van der Waals surface area (Å²) in [6.45, 7) is 7.06. The fraction of sp³-hybridized carbons (Fsp3) is 0.500. The number of hydrogen-bond donors (Lipinski definition) is 1. The van der Waals surface area contributed by atoms with Crippen LogP contribution in [0.4, 0.5) is 0 Å². The van der Waals surface area contributed by atoms with Gasteiger partial charge in [-0.3, -0.25) is 4.98 Å². The smallest absolute Gasteiger partial charge is 0.0576 e. The largest absolute Gasteiger partial charge is 0.309 e. The van der Waals surface area contributed by atoms with Gasteiger partial charge in [-0.15, -0.1) is 11.8 Å². The van der Waals surface area contributed by atoms with Crippen molar-refractivity contribution in [1.82, 2.24) is 10.3 Å². The van der Waals surface area contributed by atoms with Crippen LogP contribution in [0.5, 0.6) is 0 Å². The minimum Gasteiger partial charge on any atom is -0.309 e. The Kier molecular flexibility index (Phi) is 5.60. The predicted molar refractivity (Wildman–Crippen MR) is 68.1 cm³/mol. The van der Waals surface area contributed by atoms with Crippen LogP contribution in [0.25, 0.3) is 0 Å². The summed E-state index contributed by atoms with van der Waals surface area (Å²) in [5.74, 6) is 6.03. The molecule has 1 unspecified atom stereocenters. The van der Waals surface area contributed by atoms with Gasteiger partial charge >= 0.3 is 0 Å². The summed E-state index contributed by atoms with van der Waals surface area (Å²) in [5, 5.41) is 3.45. The van der Waals surface area contributed by atoms with Crippen molar-refractivity contribution < 1.29 is 0 Å². The van der Waals surface area contributed by atoms with Crippen LogP contribution in [0.1, 0.15) is 44.0 Å². The summed E-state index contributed by atoms with van der Waals surface area (Å²) in [6.07, 6.45) is 3.81. The van der Waals surface area contributed by atoms with Gasteiger partial charge < -0.3 is 5.32 Å². The molecule has 0 saturated heterocycles. The SMILES string of the molecule is CC#CCCC(NCC)c1cc(C)ccn1. The molecule has 0 saturated carbocycles. The van der Waals surface area contributed by atoms with Crippen molar-refractivity contribution in [3.63, 3.8) is 0 Å². The third-order valence-corrected chi connectivity index (χ3v) is 2.48. The molecule has 1 atom stereocenters. The van der Waals surface area contributed by atoms with Gasteiger partial charge in [-0.1, -0.05) is 6.92 Å². The molecule has 0 aliphatic heterocycles. The monoisotopic (exact) mass is 216 g/mol. The highest BCUT2D eigenvalue weighted by Gasteiger charge is 2.10. The summed E-state index contributed by atoms with van der Waals surface area (Å²) in [6, 6.07) is 4.50. The van der Waals surface area contributed by atoms with E-state index >= 15 is 0 Å². The van der Waals surface area contributed by atoms with Crippen molar-refractivity contribution in [1.29, 1.82) is 0 Å². The lowest BCUT2D eigenvalue weighted by Crippen LogP contribution is -2.21. The molecule has 2 heteroatoms. The fourth-order valence-electron chi connectivity index (χ4n) is 1.69. The van der Waals surface area contributed by atoms with Crippen LogP contribution in [0, 0.1) is 18.8 Å². The minimum atomic E-state index is 0.325. The summed E-state index contributed by atoms with van der Waals surface area (Å²) in [5.41, 5.74) is 2.38.